The molecule has 3 N–H and O–H groups in total. The van der Waals surface area contributed by atoms with Crippen LogP contribution in [0.4, 0.5) is 0 Å². The molecule has 0 saturated carbocycles. The van der Waals surface area contributed by atoms with Crippen LogP contribution in [0, 0.1) is 0 Å². The Balaban J connectivity index is 2.02. The van der Waals surface area contributed by atoms with Crippen LogP contribution >= 0.6 is 0 Å². The highest BCUT2D eigenvalue weighted by atomic mass is 16.5. The molecule has 0 aliphatic rings. The van der Waals surface area contributed by atoms with Gasteiger partial charge < -0.3 is 20.1 Å². The molecule has 0 atom stereocenters. The molecule has 112 valence electrons. The number of phenolic OH excluding ortho intramolecular Hbond substituents is 2. The van der Waals surface area contributed by atoms with Gasteiger partial charge in [0.25, 0.3) is 5.89 Å². The molecule has 1 heterocycles. The number of carbonyl (C=O) groups is 1. The lowest BCUT2D eigenvalue weighted by Crippen LogP contribution is -2.26. The number of nitrogens with one attached hydrogen (secondary N) is 1. The predicted molar refractivity (Wildman–Crippen MR) is 74.7 cm³/mol. The monoisotopic (exact) mass is 291 g/mol. The number of unbranched alkanes of at least 4 members (excludes halogenated alkanes) is 1. The van der Waals surface area contributed by atoms with Crippen LogP contribution in [-0.4, -0.2) is 32.8 Å². The van der Waals surface area contributed by atoms with Gasteiger partial charge in [-0.1, -0.05) is 18.5 Å². The fourth-order valence-corrected chi connectivity index (χ4v) is 1.75. The molecule has 0 bridgehead atoms. The number of hydrogen-bond donors (Lipinski definition) is 3. The van der Waals surface area contributed by atoms with Crippen molar-refractivity contribution in [1.29, 1.82) is 0 Å². The topological polar surface area (TPSA) is 108 Å². The first-order chi connectivity index (χ1) is 10.1. The van der Waals surface area contributed by atoms with Crippen molar-refractivity contribution in [2.45, 2.75) is 26.2 Å². The number of aromatic nitrogens is 2. The minimum atomic E-state index is -0.175. The Labute approximate surface area is 121 Å². The van der Waals surface area contributed by atoms with Crippen LogP contribution in [0.2, 0.25) is 0 Å². The highest BCUT2D eigenvalue weighted by Gasteiger charge is 2.15. The molecule has 0 aliphatic heterocycles. The van der Waals surface area contributed by atoms with Gasteiger partial charge in [0.1, 0.15) is 11.5 Å². The zero-order valence-electron chi connectivity index (χ0n) is 11.7. The second kappa shape index (κ2) is 6.74. The maximum Gasteiger partial charge on any atom is 0.261 e. The van der Waals surface area contributed by atoms with E-state index < -0.39 is 0 Å². The van der Waals surface area contributed by atoms with E-state index in [4.69, 9.17) is 4.52 Å². The quantitative estimate of drug-likeness (QED) is 0.698. The number of phenols is 2. The molecule has 0 aliphatic carbocycles. The van der Waals surface area contributed by atoms with Crippen molar-refractivity contribution in [3.8, 4) is 23.0 Å². The summed E-state index contributed by atoms with van der Waals surface area (Å²) in [6, 6.07) is 4.04. The second-order valence-electron chi connectivity index (χ2n) is 4.60. The van der Waals surface area contributed by atoms with Crippen molar-refractivity contribution in [3.63, 3.8) is 0 Å². The average Bonchev–Trinajstić information content (AvgIpc) is 2.87. The van der Waals surface area contributed by atoms with E-state index >= 15 is 0 Å². The Morgan fingerprint density at radius 1 is 1.38 bits per heavy atom. The predicted octanol–water partition coefficient (Wildman–Crippen LogP) is 1.61. The van der Waals surface area contributed by atoms with E-state index in [1.807, 2.05) is 6.92 Å². The van der Waals surface area contributed by atoms with Crippen molar-refractivity contribution < 1.29 is 19.5 Å². The van der Waals surface area contributed by atoms with Crippen LogP contribution in [-0.2, 0) is 11.2 Å². The van der Waals surface area contributed by atoms with Crippen molar-refractivity contribution in [3.05, 3.63) is 24.0 Å². The van der Waals surface area contributed by atoms with Gasteiger partial charge in [-0.25, -0.2) is 0 Å². The Hall–Kier alpha value is -2.57. The number of rotatable bonds is 6. The SMILES string of the molecule is CCCCNC(=O)Cc1noc(-c2ccc(O)cc2O)n1. The molecule has 1 amide bonds. The van der Waals surface area contributed by atoms with E-state index in [1.54, 1.807) is 0 Å². The minimum absolute atomic E-state index is 0.0199. The van der Waals surface area contributed by atoms with Crippen molar-refractivity contribution in [1.82, 2.24) is 15.5 Å². The molecular formula is C14H17N3O4. The number of carbonyl (C=O) groups excluding carboxylic acids is 1. The Morgan fingerprint density at radius 2 is 2.19 bits per heavy atom. The lowest BCUT2D eigenvalue weighted by Gasteiger charge is -2.01. The number of hydrogen-bond acceptors (Lipinski definition) is 6. The van der Waals surface area contributed by atoms with Gasteiger partial charge in [-0.3, -0.25) is 4.79 Å². The molecular weight excluding hydrogens is 274 g/mol. The van der Waals surface area contributed by atoms with E-state index in [2.05, 4.69) is 15.5 Å². The maximum absolute atomic E-state index is 11.6. The van der Waals surface area contributed by atoms with Gasteiger partial charge in [0.05, 0.1) is 12.0 Å². The maximum atomic E-state index is 11.6. The number of aromatic hydroxyl groups is 2. The van der Waals surface area contributed by atoms with Crippen LogP contribution in [0.25, 0.3) is 11.5 Å². The van der Waals surface area contributed by atoms with Crippen LogP contribution in [0.3, 0.4) is 0 Å². The molecule has 0 spiro atoms. The first kappa shape index (κ1) is 14.8. The number of amides is 1. The summed E-state index contributed by atoms with van der Waals surface area (Å²) in [5.41, 5.74) is 0.304. The largest absolute Gasteiger partial charge is 0.508 e. The van der Waals surface area contributed by atoms with Gasteiger partial charge in [0.2, 0.25) is 5.91 Å². The molecule has 7 heteroatoms. The summed E-state index contributed by atoms with van der Waals surface area (Å²) in [6.45, 7) is 2.67. The van der Waals surface area contributed by atoms with E-state index in [0.717, 1.165) is 12.8 Å². The summed E-state index contributed by atoms with van der Waals surface area (Å²) in [7, 11) is 0. The summed E-state index contributed by atoms with van der Waals surface area (Å²) in [5, 5.41) is 25.4. The van der Waals surface area contributed by atoms with Gasteiger partial charge in [-0.15, -0.1) is 0 Å². The van der Waals surface area contributed by atoms with Gasteiger partial charge in [0, 0.05) is 12.6 Å². The molecule has 1 aromatic carbocycles. The molecule has 2 aromatic rings. The zero-order valence-corrected chi connectivity index (χ0v) is 11.7. The molecule has 0 radical (unpaired) electrons. The third-order valence-electron chi connectivity index (χ3n) is 2.85. The molecule has 0 unspecified atom stereocenters. The zero-order chi connectivity index (χ0) is 15.2. The van der Waals surface area contributed by atoms with Crippen molar-refractivity contribution >= 4 is 5.91 Å². The van der Waals surface area contributed by atoms with E-state index in [-0.39, 0.29) is 35.5 Å². The van der Waals surface area contributed by atoms with Crippen LogP contribution in [0.1, 0.15) is 25.6 Å². The summed E-state index contributed by atoms with van der Waals surface area (Å²) in [5.74, 6) is -0.0649. The average molecular weight is 291 g/mol. The molecule has 0 fully saturated rings. The van der Waals surface area contributed by atoms with Gasteiger partial charge in [-0.2, -0.15) is 4.98 Å². The van der Waals surface area contributed by atoms with Crippen molar-refractivity contribution in [2.75, 3.05) is 6.54 Å². The van der Waals surface area contributed by atoms with Crippen LogP contribution < -0.4 is 5.32 Å². The first-order valence-corrected chi connectivity index (χ1v) is 6.71. The number of benzene rings is 1. The summed E-state index contributed by atoms with van der Waals surface area (Å²) in [4.78, 5) is 15.7. The summed E-state index contributed by atoms with van der Waals surface area (Å²) in [6.07, 6.45) is 1.95. The van der Waals surface area contributed by atoms with Gasteiger partial charge >= 0.3 is 0 Å². The highest BCUT2D eigenvalue weighted by molar-refractivity contribution is 5.77. The van der Waals surface area contributed by atoms with Crippen LogP contribution in [0.5, 0.6) is 11.5 Å². The van der Waals surface area contributed by atoms with E-state index in [9.17, 15) is 15.0 Å². The third kappa shape index (κ3) is 3.95. The standard InChI is InChI=1S/C14H17N3O4/c1-2-3-6-15-13(20)8-12-16-14(21-17-12)10-5-4-9(18)7-11(10)19/h4-5,7,18-19H,2-3,6,8H2,1H3,(H,15,20). The fraction of sp³-hybridized carbons (Fsp3) is 0.357. The normalized spacial score (nSPS) is 10.5. The highest BCUT2D eigenvalue weighted by Crippen LogP contribution is 2.30. The van der Waals surface area contributed by atoms with E-state index in [0.29, 0.717) is 12.1 Å². The molecule has 0 saturated heterocycles. The second-order valence-corrected chi connectivity index (χ2v) is 4.60. The van der Waals surface area contributed by atoms with Gasteiger partial charge in [-0.05, 0) is 18.6 Å². The molecule has 1 aromatic heterocycles. The third-order valence-corrected chi connectivity index (χ3v) is 2.85. The van der Waals surface area contributed by atoms with Gasteiger partial charge in [0.15, 0.2) is 5.82 Å². The minimum Gasteiger partial charge on any atom is -0.508 e. The molecule has 21 heavy (non-hydrogen) atoms. The smallest absolute Gasteiger partial charge is 0.261 e. The molecule has 7 nitrogen and oxygen atoms in total. The van der Waals surface area contributed by atoms with E-state index in [1.165, 1.54) is 18.2 Å². The van der Waals surface area contributed by atoms with Crippen molar-refractivity contribution in [2.24, 2.45) is 0 Å². The summed E-state index contributed by atoms with van der Waals surface area (Å²) < 4.78 is 5.02. The Kier molecular flexibility index (Phi) is 4.76. The molecule has 2 rings (SSSR count). The lowest BCUT2D eigenvalue weighted by molar-refractivity contribution is -0.120. The number of nitrogens with zero attached hydrogens (tertiary/aromatic N) is 2. The fourth-order valence-electron chi connectivity index (χ4n) is 1.75. The lowest BCUT2D eigenvalue weighted by atomic mass is 10.2. The first-order valence-electron chi connectivity index (χ1n) is 6.71. The Bertz CT molecular complexity index is 624. The van der Waals surface area contributed by atoms with Crippen LogP contribution in [0.15, 0.2) is 22.7 Å². The summed E-state index contributed by atoms with van der Waals surface area (Å²) >= 11 is 0. The Morgan fingerprint density at radius 3 is 2.90 bits per heavy atom.